The predicted octanol–water partition coefficient (Wildman–Crippen LogP) is 2.26. The maximum absolute atomic E-state index is 2.33. The van der Waals surface area contributed by atoms with Gasteiger partial charge < -0.3 is 12.4 Å². The fourth-order valence-electron chi connectivity index (χ4n) is 1.66. The molecule has 0 saturated carbocycles. The van der Waals surface area contributed by atoms with E-state index in [1.54, 1.807) is 14.2 Å². The van der Waals surface area contributed by atoms with E-state index in [2.05, 4.69) is 20.8 Å². The summed E-state index contributed by atoms with van der Waals surface area (Å²) in [6, 6.07) is 0. The van der Waals surface area contributed by atoms with Crippen LogP contribution in [-0.4, -0.2) is 0 Å². The van der Waals surface area contributed by atoms with Gasteiger partial charge in [0.25, 0.3) is 0 Å². The van der Waals surface area contributed by atoms with Gasteiger partial charge >= 0.3 is 91.3 Å². The normalized spacial score (nSPS) is 9.64. The van der Waals surface area contributed by atoms with Gasteiger partial charge in [-0.1, -0.05) is 0 Å². The number of rotatable bonds is 9. The van der Waals surface area contributed by atoms with Crippen molar-refractivity contribution >= 4 is 0 Å². The summed E-state index contributed by atoms with van der Waals surface area (Å²) in [7, 11) is 0. The molecular formula is C12H27ClTi. The third kappa shape index (κ3) is 11.1. The molecule has 0 N–H and O–H groups in total. The van der Waals surface area contributed by atoms with Gasteiger partial charge in [0.2, 0.25) is 0 Å². The number of halogens is 1. The first-order valence-electron chi connectivity index (χ1n) is 6.18. The zero-order valence-corrected chi connectivity index (χ0v) is 12.6. The van der Waals surface area contributed by atoms with Crippen molar-refractivity contribution in [3.63, 3.8) is 0 Å². The van der Waals surface area contributed by atoms with Crippen LogP contribution in [0.3, 0.4) is 0 Å². The molecule has 0 heterocycles. The Labute approximate surface area is 103 Å². The molecule has 2 heteroatoms. The van der Waals surface area contributed by atoms with Gasteiger partial charge in [-0.05, 0) is 0 Å². The standard InChI is InChI=1S/3C4H9.ClH.Ti/c3*1-3-4-2;;/h3*1,3-4H2,2H3;1H;/q;;;;+1/p-1. The van der Waals surface area contributed by atoms with E-state index in [0.717, 1.165) is 0 Å². The molecule has 86 valence electrons. The second kappa shape index (κ2) is 14.0. The van der Waals surface area contributed by atoms with Crippen molar-refractivity contribution in [3.8, 4) is 0 Å². The maximum Gasteiger partial charge on any atom is -1.00 e. The molecule has 0 aromatic heterocycles. The summed E-state index contributed by atoms with van der Waals surface area (Å²) in [5.74, 6) is 0. The van der Waals surface area contributed by atoms with E-state index in [9.17, 15) is 0 Å². The Hall–Kier alpha value is 1.00. The smallest absolute Gasteiger partial charge is 1.00 e. The Morgan fingerprint density at radius 3 is 1.14 bits per heavy atom. The number of hydrogen-bond acceptors (Lipinski definition) is 0. The molecular weight excluding hydrogens is 227 g/mol. The van der Waals surface area contributed by atoms with Crippen LogP contribution in [0.5, 0.6) is 0 Å². The molecule has 0 radical (unpaired) electrons. The van der Waals surface area contributed by atoms with Gasteiger partial charge in [0.05, 0.1) is 0 Å². The minimum Gasteiger partial charge on any atom is -1.00 e. The zero-order chi connectivity index (χ0) is 9.94. The van der Waals surface area contributed by atoms with Crippen molar-refractivity contribution < 1.29 is 30.3 Å². The summed E-state index contributed by atoms with van der Waals surface area (Å²) in [5, 5.41) is 0. The van der Waals surface area contributed by atoms with E-state index in [1.807, 2.05) is 0 Å². The van der Waals surface area contributed by atoms with Gasteiger partial charge in [0.15, 0.2) is 0 Å². The summed E-state index contributed by atoms with van der Waals surface area (Å²) < 4.78 is 4.95. The van der Waals surface area contributed by atoms with Gasteiger partial charge in [-0.2, -0.15) is 0 Å². The summed E-state index contributed by atoms with van der Waals surface area (Å²) in [5.41, 5.74) is 0. The Morgan fingerprint density at radius 1 is 0.643 bits per heavy atom. The minimum atomic E-state index is -0.552. The molecule has 0 aromatic carbocycles. The third-order valence-corrected chi connectivity index (χ3v) is 7.62. The molecule has 0 amide bonds. The fraction of sp³-hybridized carbons (Fsp3) is 1.00. The van der Waals surface area contributed by atoms with Gasteiger partial charge in [-0.15, -0.1) is 0 Å². The number of unbranched alkanes of at least 4 members (excludes halogenated alkanes) is 3. The molecule has 0 spiro atoms. The molecule has 0 unspecified atom stereocenters. The SMILES string of the molecule is CCC[CH2][Ti+]([CH2]CCC)[CH2]CCC.[Cl-]. The summed E-state index contributed by atoms with van der Waals surface area (Å²) in [6.45, 7) is 6.99. The molecule has 0 aliphatic heterocycles. The third-order valence-electron chi connectivity index (χ3n) is 2.65. The average molecular weight is 255 g/mol. The Bertz CT molecular complexity index is 77.3. The fourth-order valence-corrected chi connectivity index (χ4v) is 6.83. The molecule has 0 fully saturated rings. The predicted molar refractivity (Wildman–Crippen MR) is 59.1 cm³/mol. The van der Waals surface area contributed by atoms with Crippen LogP contribution in [0.25, 0.3) is 0 Å². The molecule has 0 aliphatic carbocycles. The topological polar surface area (TPSA) is 0 Å². The van der Waals surface area contributed by atoms with E-state index in [1.165, 1.54) is 38.5 Å². The van der Waals surface area contributed by atoms with Crippen LogP contribution >= 0.6 is 0 Å². The van der Waals surface area contributed by atoms with Crippen LogP contribution in [0.2, 0.25) is 14.2 Å². The molecule has 0 aromatic rings. The van der Waals surface area contributed by atoms with E-state index >= 15 is 0 Å². The monoisotopic (exact) mass is 254 g/mol. The Morgan fingerprint density at radius 2 is 0.929 bits per heavy atom. The largest absolute Gasteiger partial charge is 1.00 e. The molecule has 14 heavy (non-hydrogen) atoms. The van der Waals surface area contributed by atoms with Gasteiger partial charge in [-0.25, -0.2) is 0 Å². The minimum absolute atomic E-state index is 0. The van der Waals surface area contributed by atoms with Gasteiger partial charge in [0.1, 0.15) is 0 Å². The molecule has 0 bridgehead atoms. The summed E-state index contributed by atoms with van der Waals surface area (Å²) in [6.07, 6.45) is 8.78. The van der Waals surface area contributed by atoms with Crippen molar-refractivity contribution in [2.24, 2.45) is 0 Å². The first kappa shape index (κ1) is 17.4. The van der Waals surface area contributed by atoms with Crippen molar-refractivity contribution in [1.29, 1.82) is 0 Å². The van der Waals surface area contributed by atoms with Crippen molar-refractivity contribution in [2.75, 3.05) is 0 Å². The second-order valence-electron chi connectivity index (χ2n) is 4.06. The molecule has 0 saturated heterocycles. The Balaban J connectivity index is 0. The van der Waals surface area contributed by atoms with E-state index in [-0.39, 0.29) is 12.4 Å². The average Bonchev–Trinajstić information content (AvgIpc) is 2.17. The maximum atomic E-state index is 2.33. The van der Waals surface area contributed by atoms with Crippen LogP contribution in [-0.2, 0) is 17.9 Å². The molecule has 0 rings (SSSR count). The summed E-state index contributed by atoms with van der Waals surface area (Å²) in [4.78, 5) is 0. The second-order valence-corrected chi connectivity index (χ2v) is 8.75. The summed E-state index contributed by atoms with van der Waals surface area (Å²) >= 11 is -0.552. The van der Waals surface area contributed by atoms with Crippen molar-refractivity contribution in [1.82, 2.24) is 0 Å². The Kier molecular flexibility index (Phi) is 17.4. The quantitative estimate of drug-likeness (QED) is 0.554. The first-order valence-corrected chi connectivity index (χ1v) is 9.49. The molecule has 0 atom stereocenters. The first-order chi connectivity index (χ1) is 6.35. The van der Waals surface area contributed by atoms with Crippen molar-refractivity contribution in [3.05, 3.63) is 0 Å². The van der Waals surface area contributed by atoms with E-state index in [0.29, 0.717) is 0 Å². The van der Waals surface area contributed by atoms with Crippen LogP contribution < -0.4 is 12.4 Å². The molecule has 0 aliphatic rings. The molecule has 0 nitrogen and oxygen atoms in total. The van der Waals surface area contributed by atoms with Crippen LogP contribution in [0.4, 0.5) is 0 Å². The van der Waals surface area contributed by atoms with Gasteiger partial charge in [0, 0.05) is 0 Å². The van der Waals surface area contributed by atoms with Crippen LogP contribution in [0.1, 0.15) is 59.3 Å². The van der Waals surface area contributed by atoms with Crippen LogP contribution in [0, 0.1) is 0 Å². The van der Waals surface area contributed by atoms with Crippen LogP contribution in [0.15, 0.2) is 0 Å². The number of hydrogen-bond donors (Lipinski definition) is 0. The van der Waals surface area contributed by atoms with E-state index < -0.39 is 17.9 Å². The zero-order valence-electron chi connectivity index (χ0n) is 10.2. The van der Waals surface area contributed by atoms with Gasteiger partial charge in [-0.3, -0.25) is 0 Å². The van der Waals surface area contributed by atoms with E-state index in [4.69, 9.17) is 0 Å². The van der Waals surface area contributed by atoms with Crippen molar-refractivity contribution in [2.45, 2.75) is 73.5 Å².